The second kappa shape index (κ2) is 12.3. The molecule has 0 saturated heterocycles. The molecule has 0 fully saturated rings. The summed E-state index contributed by atoms with van der Waals surface area (Å²) in [6, 6.07) is 0. The van der Waals surface area contributed by atoms with Crippen LogP contribution in [0.4, 0.5) is 0 Å². The van der Waals surface area contributed by atoms with Crippen molar-refractivity contribution < 1.29 is 15.7 Å². The third-order valence-corrected chi connectivity index (χ3v) is 13.3. The van der Waals surface area contributed by atoms with Gasteiger partial charge in [-0.15, -0.1) is 0 Å². The van der Waals surface area contributed by atoms with E-state index in [0.29, 0.717) is 12.8 Å². The maximum atomic E-state index is 11.8. The molecule has 0 bridgehead atoms. The number of carbonyl (C=O) groups excluding carboxylic acids is 2. The molecule has 0 heterocycles. The normalized spacial score (nSPS) is 11.2. The Morgan fingerprint density at radius 3 is 1.38 bits per heavy atom. The molecule has 0 aromatic carbocycles. The molecular weight excluding hydrogens is 375 g/mol. The van der Waals surface area contributed by atoms with Gasteiger partial charge in [-0.2, -0.15) is 0 Å². The van der Waals surface area contributed by atoms with Crippen molar-refractivity contribution in [1.82, 2.24) is 0 Å². The summed E-state index contributed by atoms with van der Waals surface area (Å²) in [6.07, 6.45) is 7.10. The predicted octanol–water partition coefficient (Wildman–Crippen LogP) is 4.72. The van der Waals surface area contributed by atoms with E-state index in [0.717, 1.165) is 47.4 Å². The molecule has 5 heteroatoms. The fraction of sp³-hybridized carbons (Fsp3) is 0.875. The van der Waals surface area contributed by atoms with E-state index in [-0.39, 0.29) is 11.9 Å². The zero-order valence-electron chi connectivity index (χ0n) is 14.2. The Morgan fingerprint density at radius 1 is 0.714 bits per heavy atom. The molecule has 0 amide bonds. The minimum absolute atomic E-state index is 0.206. The van der Waals surface area contributed by atoms with Crippen LogP contribution in [0.2, 0.25) is 8.87 Å². The molecule has 0 aliphatic heterocycles. The van der Waals surface area contributed by atoms with Gasteiger partial charge < -0.3 is 0 Å². The average molecular weight is 407 g/mol. The van der Waals surface area contributed by atoms with E-state index in [1.54, 1.807) is 13.8 Å². The van der Waals surface area contributed by atoms with Crippen molar-refractivity contribution in [2.75, 3.05) is 0 Å². The molecule has 0 radical (unpaired) electrons. The minimum atomic E-state index is -3.60. The van der Waals surface area contributed by atoms with E-state index >= 15 is 0 Å². The first-order chi connectivity index (χ1) is 10.0. The second-order valence-corrected chi connectivity index (χ2v) is 14.7. The summed E-state index contributed by atoms with van der Waals surface area (Å²) < 4.78 is 13.2. The van der Waals surface area contributed by atoms with Crippen molar-refractivity contribution in [3.05, 3.63) is 0 Å². The first kappa shape index (κ1) is 20.7. The van der Waals surface area contributed by atoms with Gasteiger partial charge in [0, 0.05) is 0 Å². The Labute approximate surface area is 134 Å². The monoisotopic (exact) mass is 408 g/mol. The van der Waals surface area contributed by atoms with Gasteiger partial charge in [0.1, 0.15) is 0 Å². The molecule has 0 rings (SSSR count). The molecule has 124 valence electrons. The van der Waals surface area contributed by atoms with E-state index in [9.17, 15) is 9.59 Å². The first-order valence-corrected chi connectivity index (χ1v) is 14.8. The topological polar surface area (TPSA) is 52.6 Å². The van der Waals surface area contributed by atoms with Crippen LogP contribution in [0.5, 0.6) is 0 Å². The van der Waals surface area contributed by atoms with Crippen LogP contribution < -0.4 is 0 Å². The zero-order valence-corrected chi connectivity index (χ0v) is 17.1. The van der Waals surface area contributed by atoms with Crippen molar-refractivity contribution in [2.24, 2.45) is 0 Å². The maximum absolute atomic E-state index is 11.8. The SMILES string of the molecule is CCCC[CH2][Sn]([CH2]CCCC)([O]C(=O)CC)[O]C(=O)CC. The van der Waals surface area contributed by atoms with Crippen molar-refractivity contribution >= 4 is 31.1 Å². The first-order valence-electron chi connectivity index (χ1n) is 8.47. The summed E-state index contributed by atoms with van der Waals surface area (Å²) in [4.78, 5) is 23.6. The van der Waals surface area contributed by atoms with Crippen LogP contribution in [0.25, 0.3) is 0 Å². The molecule has 4 nitrogen and oxygen atoms in total. The number of carbonyl (C=O) groups is 2. The molecule has 0 N–H and O–H groups in total. The van der Waals surface area contributed by atoms with E-state index < -0.39 is 19.2 Å². The molecule has 0 saturated carbocycles. The molecule has 0 spiro atoms. The zero-order chi connectivity index (χ0) is 16.1. The van der Waals surface area contributed by atoms with Crippen LogP contribution in [0.15, 0.2) is 0 Å². The second-order valence-electron chi connectivity index (χ2n) is 5.48. The fourth-order valence-electron chi connectivity index (χ4n) is 2.20. The van der Waals surface area contributed by atoms with E-state index in [1.807, 2.05) is 0 Å². The van der Waals surface area contributed by atoms with Gasteiger partial charge in [-0.05, 0) is 0 Å². The number of hydrogen-bond donors (Lipinski definition) is 0. The summed E-state index contributed by atoms with van der Waals surface area (Å²) in [5.74, 6) is -0.412. The van der Waals surface area contributed by atoms with E-state index in [4.69, 9.17) is 6.15 Å². The van der Waals surface area contributed by atoms with Crippen LogP contribution in [0.3, 0.4) is 0 Å². The Kier molecular flexibility index (Phi) is 12.1. The molecular formula is C16H32O4Sn. The van der Waals surface area contributed by atoms with Gasteiger partial charge in [0.15, 0.2) is 0 Å². The molecule has 0 aliphatic carbocycles. The summed E-state index contributed by atoms with van der Waals surface area (Å²) in [5, 5.41) is 0. The van der Waals surface area contributed by atoms with Crippen molar-refractivity contribution in [2.45, 2.75) is 87.9 Å². The van der Waals surface area contributed by atoms with Crippen molar-refractivity contribution in [1.29, 1.82) is 0 Å². The third-order valence-electron chi connectivity index (χ3n) is 3.50. The molecule has 0 aromatic heterocycles. The van der Waals surface area contributed by atoms with Crippen LogP contribution >= 0.6 is 0 Å². The Balaban J connectivity index is 4.94. The number of rotatable bonds is 12. The number of unbranched alkanes of at least 4 members (excludes halogenated alkanes) is 4. The fourth-order valence-corrected chi connectivity index (χ4v) is 11.9. The predicted molar refractivity (Wildman–Crippen MR) is 87.2 cm³/mol. The Bertz CT molecular complexity index is 275. The summed E-state index contributed by atoms with van der Waals surface area (Å²) in [7, 11) is 0. The van der Waals surface area contributed by atoms with Crippen LogP contribution in [-0.2, 0) is 15.7 Å². The summed E-state index contributed by atoms with van der Waals surface area (Å²) in [5.41, 5.74) is 0. The van der Waals surface area contributed by atoms with Crippen LogP contribution in [0, 0.1) is 0 Å². The molecule has 0 atom stereocenters. The van der Waals surface area contributed by atoms with Crippen molar-refractivity contribution in [3.63, 3.8) is 0 Å². The molecule has 0 aliphatic rings. The van der Waals surface area contributed by atoms with Gasteiger partial charge in [-0.3, -0.25) is 0 Å². The third kappa shape index (κ3) is 9.38. The quantitative estimate of drug-likeness (QED) is 0.347. The van der Waals surface area contributed by atoms with Crippen LogP contribution in [0.1, 0.15) is 79.1 Å². The van der Waals surface area contributed by atoms with Gasteiger partial charge in [-0.1, -0.05) is 0 Å². The summed E-state index contributed by atoms with van der Waals surface area (Å²) in [6.45, 7) is 7.87. The van der Waals surface area contributed by atoms with Gasteiger partial charge >= 0.3 is 135 Å². The van der Waals surface area contributed by atoms with E-state index in [2.05, 4.69) is 13.8 Å². The Morgan fingerprint density at radius 2 is 1.10 bits per heavy atom. The van der Waals surface area contributed by atoms with Crippen molar-refractivity contribution in [3.8, 4) is 0 Å². The standard InChI is InChI=1S/2C5H11.2C3H6O2.Sn/c2*1-3-5-4-2;2*1-2-3(4)5;/h2*1,3-5H2,2H3;2*2H2,1H3,(H,4,5);/q;;;;+2/p-2. The Hall–Kier alpha value is -0.261. The van der Waals surface area contributed by atoms with Gasteiger partial charge in [-0.25, -0.2) is 0 Å². The van der Waals surface area contributed by atoms with Gasteiger partial charge in [0.25, 0.3) is 0 Å². The van der Waals surface area contributed by atoms with Crippen LogP contribution in [-0.4, -0.2) is 31.1 Å². The molecule has 0 unspecified atom stereocenters. The summed E-state index contributed by atoms with van der Waals surface area (Å²) >= 11 is -3.60. The molecule has 21 heavy (non-hydrogen) atoms. The average Bonchev–Trinajstić information content (AvgIpc) is 2.47. The molecule has 0 aromatic rings. The van der Waals surface area contributed by atoms with Gasteiger partial charge in [0.05, 0.1) is 0 Å². The van der Waals surface area contributed by atoms with E-state index in [1.165, 1.54) is 0 Å². The van der Waals surface area contributed by atoms with Gasteiger partial charge in [0.2, 0.25) is 0 Å². The number of hydrogen-bond acceptors (Lipinski definition) is 4.